The highest BCUT2D eigenvalue weighted by atomic mass is 16.5. The summed E-state index contributed by atoms with van der Waals surface area (Å²) in [6.45, 7) is 0. The van der Waals surface area contributed by atoms with Gasteiger partial charge in [0.2, 0.25) is 0 Å². The van der Waals surface area contributed by atoms with E-state index in [1.54, 1.807) is 19.4 Å². The Morgan fingerprint density at radius 1 is 1.30 bits per heavy atom. The third-order valence-corrected chi connectivity index (χ3v) is 2.99. The number of carboxylic acid groups (broad SMARTS) is 1. The Morgan fingerprint density at radius 3 is 2.60 bits per heavy atom. The molecule has 3 N–H and O–H groups in total. The number of carbonyl (C=O) groups is 1. The Bertz CT molecular complexity index is 609. The van der Waals surface area contributed by atoms with Crippen LogP contribution in [0.4, 0.5) is 5.69 Å². The van der Waals surface area contributed by atoms with Gasteiger partial charge in [0.05, 0.1) is 12.8 Å². The number of aliphatic carboxylic acids is 1. The maximum Gasteiger partial charge on any atom is 0.303 e. The SMILES string of the molecule is COc1c(N)ccnc1-c1ccc(CCC(=O)O)cc1. The highest BCUT2D eigenvalue weighted by molar-refractivity contribution is 5.73. The first-order valence-electron chi connectivity index (χ1n) is 6.21. The van der Waals surface area contributed by atoms with E-state index in [0.29, 0.717) is 23.6 Å². The molecule has 0 spiro atoms. The Hall–Kier alpha value is -2.56. The van der Waals surface area contributed by atoms with Crippen molar-refractivity contribution in [3.05, 3.63) is 42.1 Å². The minimum absolute atomic E-state index is 0.124. The lowest BCUT2D eigenvalue weighted by molar-refractivity contribution is -0.136. The number of rotatable bonds is 5. The molecule has 0 atom stereocenters. The van der Waals surface area contributed by atoms with Crippen LogP contribution >= 0.6 is 0 Å². The van der Waals surface area contributed by atoms with Crippen LogP contribution in [0.3, 0.4) is 0 Å². The summed E-state index contributed by atoms with van der Waals surface area (Å²) >= 11 is 0. The molecule has 2 rings (SSSR count). The Balaban J connectivity index is 2.26. The number of benzene rings is 1. The van der Waals surface area contributed by atoms with Crippen LogP contribution in [0.1, 0.15) is 12.0 Å². The number of nitrogens with zero attached hydrogens (tertiary/aromatic N) is 1. The van der Waals surface area contributed by atoms with Gasteiger partial charge in [0.1, 0.15) is 5.69 Å². The quantitative estimate of drug-likeness (QED) is 0.872. The van der Waals surface area contributed by atoms with E-state index in [4.69, 9.17) is 15.6 Å². The van der Waals surface area contributed by atoms with E-state index in [-0.39, 0.29) is 6.42 Å². The molecule has 0 unspecified atom stereocenters. The van der Waals surface area contributed by atoms with Crippen molar-refractivity contribution in [2.45, 2.75) is 12.8 Å². The van der Waals surface area contributed by atoms with Gasteiger partial charge in [-0.3, -0.25) is 9.78 Å². The van der Waals surface area contributed by atoms with E-state index < -0.39 is 5.97 Å². The van der Waals surface area contributed by atoms with Crippen LogP contribution in [0.15, 0.2) is 36.5 Å². The number of aromatic nitrogens is 1. The molecule has 5 heteroatoms. The van der Waals surface area contributed by atoms with Crippen molar-refractivity contribution >= 4 is 11.7 Å². The highest BCUT2D eigenvalue weighted by Gasteiger charge is 2.10. The molecule has 2 aromatic rings. The summed E-state index contributed by atoms with van der Waals surface area (Å²) in [5.41, 5.74) is 8.92. The molecule has 0 amide bonds. The first kappa shape index (κ1) is 13.9. The van der Waals surface area contributed by atoms with Crippen molar-refractivity contribution in [2.24, 2.45) is 0 Å². The third-order valence-electron chi connectivity index (χ3n) is 2.99. The molecule has 0 bridgehead atoms. The summed E-state index contributed by atoms with van der Waals surface area (Å²) in [4.78, 5) is 14.8. The van der Waals surface area contributed by atoms with Crippen LogP contribution in [0.2, 0.25) is 0 Å². The van der Waals surface area contributed by atoms with Crippen LogP contribution in [0.5, 0.6) is 5.75 Å². The van der Waals surface area contributed by atoms with Gasteiger partial charge in [-0.2, -0.15) is 0 Å². The van der Waals surface area contributed by atoms with E-state index in [1.165, 1.54) is 0 Å². The number of ether oxygens (including phenoxy) is 1. The third kappa shape index (κ3) is 3.06. The minimum Gasteiger partial charge on any atom is -0.492 e. The predicted octanol–water partition coefficient (Wildman–Crippen LogP) is 2.36. The van der Waals surface area contributed by atoms with Gasteiger partial charge in [0, 0.05) is 18.2 Å². The molecule has 20 heavy (non-hydrogen) atoms. The molecule has 0 fully saturated rings. The van der Waals surface area contributed by atoms with Crippen molar-refractivity contribution in [1.82, 2.24) is 4.98 Å². The normalized spacial score (nSPS) is 10.2. The number of aryl methyl sites for hydroxylation is 1. The highest BCUT2D eigenvalue weighted by Crippen LogP contribution is 2.32. The van der Waals surface area contributed by atoms with Crippen LogP contribution in [0.25, 0.3) is 11.3 Å². The van der Waals surface area contributed by atoms with Crippen molar-refractivity contribution < 1.29 is 14.6 Å². The molecule has 1 heterocycles. The van der Waals surface area contributed by atoms with Crippen LogP contribution in [0, 0.1) is 0 Å². The molecule has 1 aromatic carbocycles. The fraction of sp³-hybridized carbons (Fsp3) is 0.200. The van der Waals surface area contributed by atoms with E-state index in [1.807, 2.05) is 24.3 Å². The maximum atomic E-state index is 10.5. The summed E-state index contributed by atoms with van der Waals surface area (Å²) in [7, 11) is 1.55. The van der Waals surface area contributed by atoms with Crippen molar-refractivity contribution in [1.29, 1.82) is 0 Å². The molecule has 0 radical (unpaired) electrons. The van der Waals surface area contributed by atoms with Gasteiger partial charge < -0.3 is 15.6 Å². The number of nitrogen functional groups attached to an aromatic ring is 1. The molecule has 0 aliphatic rings. The number of methoxy groups -OCH3 is 1. The van der Waals surface area contributed by atoms with Gasteiger partial charge in [-0.05, 0) is 18.1 Å². The second-order valence-corrected chi connectivity index (χ2v) is 4.37. The predicted molar refractivity (Wildman–Crippen MR) is 76.6 cm³/mol. The Morgan fingerprint density at radius 2 is 2.00 bits per heavy atom. The lowest BCUT2D eigenvalue weighted by Gasteiger charge is -2.10. The second-order valence-electron chi connectivity index (χ2n) is 4.37. The van der Waals surface area contributed by atoms with E-state index in [9.17, 15) is 4.79 Å². The van der Waals surface area contributed by atoms with Gasteiger partial charge in [-0.25, -0.2) is 0 Å². The number of nitrogens with two attached hydrogens (primary N) is 1. The first-order valence-corrected chi connectivity index (χ1v) is 6.21. The summed E-state index contributed by atoms with van der Waals surface area (Å²) in [6, 6.07) is 9.25. The summed E-state index contributed by atoms with van der Waals surface area (Å²) < 4.78 is 5.27. The number of hydrogen-bond donors (Lipinski definition) is 2. The zero-order valence-corrected chi connectivity index (χ0v) is 11.2. The topological polar surface area (TPSA) is 85.4 Å². The fourth-order valence-corrected chi connectivity index (χ4v) is 1.96. The van der Waals surface area contributed by atoms with E-state index in [2.05, 4.69) is 4.98 Å². The summed E-state index contributed by atoms with van der Waals surface area (Å²) in [5.74, 6) is -0.251. The fourth-order valence-electron chi connectivity index (χ4n) is 1.96. The van der Waals surface area contributed by atoms with Crippen molar-refractivity contribution in [3.63, 3.8) is 0 Å². The summed E-state index contributed by atoms with van der Waals surface area (Å²) in [6.07, 6.45) is 2.27. The van der Waals surface area contributed by atoms with Gasteiger partial charge in [-0.15, -0.1) is 0 Å². The van der Waals surface area contributed by atoms with Gasteiger partial charge in [0.25, 0.3) is 0 Å². The first-order chi connectivity index (χ1) is 9.61. The second kappa shape index (κ2) is 6.06. The standard InChI is InChI=1S/C15H16N2O3/c1-20-15-12(16)8-9-17-14(15)11-5-2-10(3-6-11)4-7-13(18)19/h2-3,5-6,8-9H,4,7H2,1H3,(H2,16,17)(H,18,19). The molecule has 104 valence electrons. The molecule has 0 aliphatic carbocycles. The van der Waals surface area contributed by atoms with Crippen LogP contribution in [-0.4, -0.2) is 23.2 Å². The van der Waals surface area contributed by atoms with Gasteiger partial charge in [-0.1, -0.05) is 24.3 Å². The molecule has 0 saturated carbocycles. The molecule has 0 aliphatic heterocycles. The van der Waals surface area contributed by atoms with Crippen LogP contribution < -0.4 is 10.5 Å². The molecule has 1 aromatic heterocycles. The Kier molecular flexibility index (Phi) is 4.20. The van der Waals surface area contributed by atoms with Crippen molar-refractivity contribution in [2.75, 3.05) is 12.8 Å². The maximum absolute atomic E-state index is 10.5. The Labute approximate surface area is 117 Å². The average molecular weight is 272 g/mol. The smallest absolute Gasteiger partial charge is 0.303 e. The van der Waals surface area contributed by atoms with Crippen LogP contribution in [-0.2, 0) is 11.2 Å². The number of carboxylic acids is 1. The van der Waals surface area contributed by atoms with Gasteiger partial charge >= 0.3 is 5.97 Å². The number of anilines is 1. The zero-order chi connectivity index (χ0) is 14.5. The lowest BCUT2D eigenvalue weighted by atomic mass is 10.0. The molecule has 0 saturated heterocycles. The lowest BCUT2D eigenvalue weighted by Crippen LogP contribution is -1.98. The summed E-state index contributed by atoms with van der Waals surface area (Å²) in [5, 5.41) is 8.67. The van der Waals surface area contributed by atoms with E-state index >= 15 is 0 Å². The number of hydrogen-bond acceptors (Lipinski definition) is 4. The van der Waals surface area contributed by atoms with E-state index in [0.717, 1.165) is 11.1 Å². The zero-order valence-electron chi connectivity index (χ0n) is 11.2. The average Bonchev–Trinajstić information content (AvgIpc) is 2.45. The largest absolute Gasteiger partial charge is 0.492 e. The van der Waals surface area contributed by atoms with Crippen molar-refractivity contribution in [3.8, 4) is 17.0 Å². The molecule has 5 nitrogen and oxygen atoms in total. The minimum atomic E-state index is -0.798. The van der Waals surface area contributed by atoms with Gasteiger partial charge in [0.15, 0.2) is 5.75 Å². The number of pyridine rings is 1. The monoisotopic (exact) mass is 272 g/mol. The molecular weight excluding hydrogens is 256 g/mol. The molecular formula is C15H16N2O3.